The van der Waals surface area contributed by atoms with Gasteiger partial charge in [-0.2, -0.15) is 0 Å². The van der Waals surface area contributed by atoms with E-state index in [1.54, 1.807) is 11.1 Å². The third kappa shape index (κ3) is 3.76. The van der Waals surface area contributed by atoms with E-state index in [4.69, 9.17) is 0 Å². The van der Waals surface area contributed by atoms with Gasteiger partial charge in [0.2, 0.25) is 11.8 Å². The van der Waals surface area contributed by atoms with Gasteiger partial charge in [0.15, 0.2) is 0 Å². The number of amides is 2. The summed E-state index contributed by atoms with van der Waals surface area (Å²) in [6.45, 7) is 4.00. The predicted octanol–water partition coefficient (Wildman–Crippen LogP) is 3.43. The van der Waals surface area contributed by atoms with Crippen LogP contribution in [0.4, 0.5) is 5.69 Å². The summed E-state index contributed by atoms with van der Waals surface area (Å²) in [7, 11) is 0. The molecule has 6 heteroatoms. The average molecular weight is 376 g/mol. The van der Waals surface area contributed by atoms with Crippen molar-refractivity contribution in [3.63, 3.8) is 0 Å². The van der Waals surface area contributed by atoms with Gasteiger partial charge in [0.05, 0.1) is 18.2 Å². The lowest BCUT2D eigenvalue weighted by Crippen LogP contribution is -2.28. The maximum Gasteiger partial charge on any atom is 0.229 e. The van der Waals surface area contributed by atoms with Crippen LogP contribution >= 0.6 is 0 Å². The Kier molecular flexibility index (Phi) is 5.10. The second kappa shape index (κ2) is 7.84. The van der Waals surface area contributed by atoms with Crippen LogP contribution in [0.25, 0.3) is 10.9 Å². The van der Waals surface area contributed by atoms with Crippen LogP contribution in [0.1, 0.15) is 25.5 Å². The number of pyridine rings is 1. The smallest absolute Gasteiger partial charge is 0.229 e. The van der Waals surface area contributed by atoms with E-state index in [0.717, 1.165) is 35.2 Å². The van der Waals surface area contributed by atoms with Crippen LogP contribution < -0.4 is 5.32 Å². The molecule has 28 heavy (non-hydrogen) atoms. The summed E-state index contributed by atoms with van der Waals surface area (Å²) in [5.74, 6) is -0.446. The largest absolute Gasteiger partial charge is 0.347 e. The summed E-state index contributed by atoms with van der Waals surface area (Å²) >= 11 is 0. The summed E-state index contributed by atoms with van der Waals surface area (Å²) in [4.78, 5) is 31.0. The van der Waals surface area contributed by atoms with Crippen LogP contribution in [-0.4, -0.2) is 32.8 Å². The number of aryl methyl sites for hydroxylation is 1. The highest BCUT2D eigenvalue weighted by Gasteiger charge is 2.34. The first-order chi connectivity index (χ1) is 13.6. The van der Waals surface area contributed by atoms with Gasteiger partial charge in [0, 0.05) is 48.5 Å². The van der Waals surface area contributed by atoms with Crippen molar-refractivity contribution in [3.05, 3.63) is 60.6 Å². The van der Waals surface area contributed by atoms with Crippen LogP contribution in [0, 0.1) is 5.92 Å². The summed E-state index contributed by atoms with van der Waals surface area (Å²) in [5, 5.41) is 4.08. The Morgan fingerprint density at radius 1 is 1.25 bits per heavy atom. The van der Waals surface area contributed by atoms with Gasteiger partial charge in [0.1, 0.15) is 0 Å². The highest BCUT2D eigenvalue weighted by atomic mass is 16.2. The molecule has 0 bridgehead atoms. The zero-order valence-corrected chi connectivity index (χ0v) is 16.0. The fourth-order valence-corrected chi connectivity index (χ4v) is 3.75. The number of hydrogen-bond donors (Lipinski definition) is 1. The van der Waals surface area contributed by atoms with Crippen molar-refractivity contribution < 1.29 is 9.59 Å². The van der Waals surface area contributed by atoms with Gasteiger partial charge in [-0.3, -0.25) is 14.6 Å². The van der Waals surface area contributed by atoms with Crippen LogP contribution in [0.2, 0.25) is 0 Å². The first-order valence-corrected chi connectivity index (χ1v) is 9.71. The Balaban J connectivity index is 1.41. The summed E-state index contributed by atoms with van der Waals surface area (Å²) in [6.07, 6.45) is 5.11. The number of fused-ring (bicyclic) bond motifs is 1. The first-order valence-electron chi connectivity index (χ1n) is 9.71. The van der Waals surface area contributed by atoms with Gasteiger partial charge in [0.25, 0.3) is 0 Å². The molecule has 1 aliphatic heterocycles. The highest BCUT2D eigenvalue weighted by molar-refractivity contribution is 5.98. The van der Waals surface area contributed by atoms with E-state index < -0.39 is 0 Å². The summed E-state index contributed by atoms with van der Waals surface area (Å²) in [6, 6.07) is 13.6. The number of anilines is 1. The second-order valence-electron chi connectivity index (χ2n) is 7.27. The molecule has 4 rings (SSSR count). The quantitative estimate of drug-likeness (QED) is 0.717. The fourth-order valence-electron chi connectivity index (χ4n) is 3.75. The molecular weight excluding hydrogens is 352 g/mol. The molecule has 3 heterocycles. The molecule has 1 fully saturated rings. The molecular formula is C22H24N4O2. The first kappa shape index (κ1) is 18.2. The Labute approximate surface area is 164 Å². The van der Waals surface area contributed by atoms with E-state index in [9.17, 15) is 9.59 Å². The Hall–Kier alpha value is -3.15. The van der Waals surface area contributed by atoms with E-state index in [-0.39, 0.29) is 24.2 Å². The fraction of sp³-hybridized carbons (Fsp3) is 0.318. The maximum atomic E-state index is 12.7. The molecule has 2 aromatic heterocycles. The predicted molar refractivity (Wildman–Crippen MR) is 109 cm³/mol. The van der Waals surface area contributed by atoms with Crippen molar-refractivity contribution in [1.82, 2.24) is 14.5 Å². The van der Waals surface area contributed by atoms with Crippen molar-refractivity contribution in [2.24, 2.45) is 5.92 Å². The molecule has 1 aromatic carbocycles. The average Bonchev–Trinajstić information content (AvgIpc) is 3.26. The number of likely N-dealkylation sites (tertiary alicyclic amines) is 1. The van der Waals surface area contributed by atoms with Crippen molar-refractivity contribution >= 4 is 28.4 Å². The molecule has 1 unspecified atom stereocenters. The molecule has 144 valence electrons. The number of aromatic nitrogens is 2. The molecule has 6 nitrogen and oxygen atoms in total. The van der Waals surface area contributed by atoms with Crippen LogP contribution in [0.3, 0.4) is 0 Å². The number of rotatable bonds is 6. The number of carbonyl (C=O) groups is 2. The molecule has 2 amide bonds. The minimum absolute atomic E-state index is 0.00195. The highest BCUT2D eigenvalue weighted by Crippen LogP contribution is 2.24. The summed E-state index contributed by atoms with van der Waals surface area (Å²) in [5.41, 5.74) is 2.76. The normalized spacial score (nSPS) is 16.7. The van der Waals surface area contributed by atoms with Gasteiger partial charge in [-0.15, -0.1) is 0 Å². The minimum atomic E-state index is -0.336. The standard InChI is InChI=1S/C22H24N4O2/c1-2-10-25-11-8-16-12-18(6-7-20(16)25)24-22(28)17-13-21(27)26(14-17)15-19-5-3-4-9-23-19/h3-9,11-12,17H,2,10,13-15H2,1H3,(H,24,28). The van der Waals surface area contributed by atoms with Gasteiger partial charge < -0.3 is 14.8 Å². The Bertz CT molecular complexity index is 996. The monoisotopic (exact) mass is 376 g/mol. The molecule has 1 saturated heterocycles. The number of carbonyl (C=O) groups excluding carboxylic acids is 2. The zero-order valence-electron chi connectivity index (χ0n) is 16.0. The molecule has 1 atom stereocenters. The molecule has 0 saturated carbocycles. The van der Waals surface area contributed by atoms with Crippen LogP contribution in [0.5, 0.6) is 0 Å². The Morgan fingerprint density at radius 2 is 2.14 bits per heavy atom. The van der Waals surface area contributed by atoms with E-state index >= 15 is 0 Å². The number of nitrogens with zero attached hydrogens (tertiary/aromatic N) is 3. The second-order valence-corrected chi connectivity index (χ2v) is 7.27. The van der Waals surface area contributed by atoms with Gasteiger partial charge >= 0.3 is 0 Å². The lowest BCUT2D eigenvalue weighted by molar-refractivity contribution is -0.128. The minimum Gasteiger partial charge on any atom is -0.347 e. The van der Waals surface area contributed by atoms with Crippen molar-refractivity contribution in [2.45, 2.75) is 32.9 Å². The van der Waals surface area contributed by atoms with E-state index in [0.29, 0.717) is 13.1 Å². The van der Waals surface area contributed by atoms with Gasteiger partial charge in [-0.1, -0.05) is 13.0 Å². The van der Waals surface area contributed by atoms with Crippen molar-refractivity contribution in [1.29, 1.82) is 0 Å². The zero-order chi connectivity index (χ0) is 19.5. The molecule has 1 aliphatic rings. The van der Waals surface area contributed by atoms with Crippen LogP contribution in [0.15, 0.2) is 54.9 Å². The number of nitrogens with one attached hydrogen (secondary N) is 1. The molecule has 0 radical (unpaired) electrons. The van der Waals surface area contributed by atoms with Crippen LogP contribution in [-0.2, 0) is 22.7 Å². The molecule has 1 N–H and O–H groups in total. The Morgan fingerprint density at radius 3 is 2.93 bits per heavy atom. The van der Waals surface area contributed by atoms with Crippen molar-refractivity contribution in [3.8, 4) is 0 Å². The third-order valence-corrected chi connectivity index (χ3v) is 5.17. The summed E-state index contributed by atoms with van der Waals surface area (Å²) < 4.78 is 2.21. The maximum absolute atomic E-state index is 12.7. The third-order valence-electron chi connectivity index (χ3n) is 5.17. The molecule has 0 spiro atoms. The SMILES string of the molecule is CCCn1ccc2cc(NC(=O)C3CC(=O)N(Cc4ccccn4)C3)ccc21. The lowest BCUT2D eigenvalue weighted by Gasteiger charge is -2.16. The number of benzene rings is 1. The topological polar surface area (TPSA) is 67.2 Å². The lowest BCUT2D eigenvalue weighted by atomic mass is 10.1. The molecule has 0 aliphatic carbocycles. The molecule has 3 aromatic rings. The van der Waals surface area contributed by atoms with Gasteiger partial charge in [-0.05, 0) is 42.8 Å². The van der Waals surface area contributed by atoms with Gasteiger partial charge in [-0.25, -0.2) is 0 Å². The van der Waals surface area contributed by atoms with E-state index in [2.05, 4.69) is 34.1 Å². The van der Waals surface area contributed by atoms with E-state index in [1.807, 2.05) is 36.4 Å². The number of hydrogen-bond acceptors (Lipinski definition) is 3. The van der Waals surface area contributed by atoms with Crippen molar-refractivity contribution in [2.75, 3.05) is 11.9 Å². The van der Waals surface area contributed by atoms with E-state index in [1.165, 1.54) is 0 Å².